The van der Waals surface area contributed by atoms with Crippen molar-refractivity contribution in [3.8, 4) is 0 Å². The highest BCUT2D eigenvalue weighted by atomic mass is 16.3. The standard InChI is InChI=1S/C13H18O/c1-2-10-6-3-4-7-11(10)12-8-5-9-13(12)14/h3-4,6-7,12-14H,2,5,8-9H2,1H3/t12-,13-/m1/s1. The summed E-state index contributed by atoms with van der Waals surface area (Å²) in [7, 11) is 0. The third-order valence-electron chi connectivity index (χ3n) is 3.31. The van der Waals surface area contributed by atoms with E-state index in [4.69, 9.17) is 0 Å². The quantitative estimate of drug-likeness (QED) is 0.760. The van der Waals surface area contributed by atoms with Crippen LogP contribution in [0.1, 0.15) is 43.2 Å². The zero-order chi connectivity index (χ0) is 9.97. The molecule has 1 aliphatic rings. The molecule has 0 bridgehead atoms. The normalized spacial score (nSPS) is 26.7. The second-order valence-electron chi connectivity index (χ2n) is 4.16. The van der Waals surface area contributed by atoms with Gasteiger partial charge in [-0.3, -0.25) is 0 Å². The van der Waals surface area contributed by atoms with Crippen LogP contribution in [-0.4, -0.2) is 11.2 Å². The predicted molar refractivity (Wildman–Crippen MR) is 58.4 cm³/mol. The van der Waals surface area contributed by atoms with E-state index >= 15 is 0 Å². The van der Waals surface area contributed by atoms with Crippen molar-refractivity contribution < 1.29 is 5.11 Å². The average molecular weight is 190 g/mol. The van der Waals surface area contributed by atoms with Gasteiger partial charge < -0.3 is 5.11 Å². The fraction of sp³-hybridized carbons (Fsp3) is 0.538. The van der Waals surface area contributed by atoms with Crippen LogP contribution in [0.2, 0.25) is 0 Å². The number of aliphatic hydroxyl groups is 1. The van der Waals surface area contributed by atoms with E-state index in [-0.39, 0.29) is 6.10 Å². The lowest BCUT2D eigenvalue weighted by atomic mass is 9.90. The first-order valence-corrected chi connectivity index (χ1v) is 5.58. The second kappa shape index (κ2) is 4.14. The van der Waals surface area contributed by atoms with E-state index in [1.165, 1.54) is 17.5 Å². The van der Waals surface area contributed by atoms with Gasteiger partial charge in [-0.15, -0.1) is 0 Å². The molecule has 0 aromatic heterocycles. The summed E-state index contributed by atoms with van der Waals surface area (Å²) in [5, 5.41) is 9.86. The zero-order valence-corrected chi connectivity index (χ0v) is 8.74. The van der Waals surface area contributed by atoms with Crippen molar-refractivity contribution in [1.82, 2.24) is 0 Å². The van der Waals surface area contributed by atoms with Crippen LogP contribution in [0, 0.1) is 0 Å². The first-order chi connectivity index (χ1) is 6.83. The van der Waals surface area contributed by atoms with E-state index in [0.29, 0.717) is 5.92 Å². The molecular formula is C13H18O. The van der Waals surface area contributed by atoms with Crippen LogP contribution in [-0.2, 0) is 6.42 Å². The minimum absolute atomic E-state index is 0.109. The van der Waals surface area contributed by atoms with Crippen LogP contribution in [0.5, 0.6) is 0 Å². The van der Waals surface area contributed by atoms with E-state index in [9.17, 15) is 5.11 Å². The lowest BCUT2D eigenvalue weighted by Gasteiger charge is -2.18. The van der Waals surface area contributed by atoms with Crippen LogP contribution in [0.4, 0.5) is 0 Å². The first kappa shape index (κ1) is 9.72. The molecule has 1 aliphatic carbocycles. The lowest BCUT2D eigenvalue weighted by Crippen LogP contribution is -2.12. The molecule has 0 unspecified atom stereocenters. The van der Waals surface area contributed by atoms with Crippen LogP contribution >= 0.6 is 0 Å². The highest BCUT2D eigenvalue weighted by Gasteiger charge is 2.27. The van der Waals surface area contributed by atoms with Crippen molar-refractivity contribution in [2.24, 2.45) is 0 Å². The Labute approximate surface area is 85.8 Å². The minimum atomic E-state index is -0.109. The molecule has 1 aromatic rings. The Bertz CT molecular complexity index is 306. The third-order valence-corrected chi connectivity index (χ3v) is 3.31. The summed E-state index contributed by atoms with van der Waals surface area (Å²) in [4.78, 5) is 0. The van der Waals surface area contributed by atoms with E-state index in [1.807, 2.05) is 0 Å². The highest BCUT2D eigenvalue weighted by molar-refractivity contribution is 5.31. The second-order valence-corrected chi connectivity index (χ2v) is 4.16. The van der Waals surface area contributed by atoms with Crippen molar-refractivity contribution in [1.29, 1.82) is 0 Å². The minimum Gasteiger partial charge on any atom is -0.392 e. The van der Waals surface area contributed by atoms with Gasteiger partial charge in [-0.05, 0) is 30.4 Å². The molecule has 0 amide bonds. The molecule has 76 valence electrons. The van der Waals surface area contributed by atoms with E-state index in [0.717, 1.165) is 19.3 Å². The molecule has 14 heavy (non-hydrogen) atoms. The Morgan fingerprint density at radius 3 is 2.71 bits per heavy atom. The molecule has 1 N–H and O–H groups in total. The maximum atomic E-state index is 9.86. The molecule has 0 aliphatic heterocycles. The van der Waals surface area contributed by atoms with Gasteiger partial charge in [0, 0.05) is 5.92 Å². The fourth-order valence-corrected chi connectivity index (χ4v) is 2.52. The molecule has 0 saturated heterocycles. The Kier molecular flexibility index (Phi) is 2.87. The number of hydrogen-bond donors (Lipinski definition) is 1. The summed E-state index contributed by atoms with van der Waals surface area (Å²) in [6.07, 6.45) is 4.26. The van der Waals surface area contributed by atoms with Gasteiger partial charge in [0.2, 0.25) is 0 Å². The molecule has 0 heterocycles. The van der Waals surface area contributed by atoms with Crippen LogP contribution in [0.25, 0.3) is 0 Å². The summed E-state index contributed by atoms with van der Waals surface area (Å²) in [6, 6.07) is 8.53. The summed E-state index contributed by atoms with van der Waals surface area (Å²) < 4.78 is 0. The van der Waals surface area contributed by atoms with Gasteiger partial charge in [0.1, 0.15) is 0 Å². The highest BCUT2D eigenvalue weighted by Crippen LogP contribution is 2.36. The van der Waals surface area contributed by atoms with E-state index in [2.05, 4.69) is 31.2 Å². The van der Waals surface area contributed by atoms with Crippen molar-refractivity contribution in [3.05, 3.63) is 35.4 Å². The Balaban J connectivity index is 2.30. The molecule has 1 heteroatoms. The largest absolute Gasteiger partial charge is 0.392 e. The zero-order valence-electron chi connectivity index (χ0n) is 8.74. The molecule has 1 nitrogen and oxygen atoms in total. The topological polar surface area (TPSA) is 20.2 Å². The van der Waals surface area contributed by atoms with Gasteiger partial charge in [0.15, 0.2) is 0 Å². The van der Waals surface area contributed by atoms with Gasteiger partial charge in [-0.2, -0.15) is 0 Å². The number of aliphatic hydroxyl groups excluding tert-OH is 1. The SMILES string of the molecule is CCc1ccccc1[C@H]1CCC[C@H]1O. The maximum Gasteiger partial charge on any atom is 0.0608 e. The number of benzene rings is 1. The van der Waals surface area contributed by atoms with Crippen molar-refractivity contribution in [2.45, 2.75) is 44.6 Å². The number of rotatable bonds is 2. The number of hydrogen-bond acceptors (Lipinski definition) is 1. The van der Waals surface area contributed by atoms with Gasteiger partial charge in [-0.25, -0.2) is 0 Å². The number of aryl methyl sites for hydroxylation is 1. The summed E-state index contributed by atoms with van der Waals surface area (Å²) >= 11 is 0. The first-order valence-electron chi connectivity index (χ1n) is 5.58. The van der Waals surface area contributed by atoms with Crippen LogP contribution < -0.4 is 0 Å². The van der Waals surface area contributed by atoms with Crippen molar-refractivity contribution in [2.75, 3.05) is 0 Å². The van der Waals surface area contributed by atoms with Gasteiger partial charge in [0.05, 0.1) is 6.10 Å². The Hall–Kier alpha value is -0.820. The monoisotopic (exact) mass is 190 g/mol. The average Bonchev–Trinajstić information content (AvgIpc) is 2.64. The molecular weight excluding hydrogens is 172 g/mol. The van der Waals surface area contributed by atoms with Gasteiger partial charge in [0.25, 0.3) is 0 Å². The summed E-state index contributed by atoms with van der Waals surface area (Å²) in [6.45, 7) is 2.18. The van der Waals surface area contributed by atoms with Crippen LogP contribution in [0.3, 0.4) is 0 Å². The summed E-state index contributed by atoms with van der Waals surface area (Å²) in [5.74, 6) is 0.395. The third kappa shape index (κ3) is 1.69. The molecule has 1 fully saturated rings. The van der Waals surface area contributed by atoms with Crippen molar-refractivity contribution in [3.63, 3.8) is 0 Å². The van der Waals surface area contributed by atoms with E-state index in [1.54, 1.807) is 0 Å². The Morgan fingerprint density at radius 1 is 1.29 bits per heavy atom. The lowest BCUT2D eigenvalue weighted by molar-refractivity contribution is 0.163. The molecule has 2 rings (SSSR count). The van der Waals surface area contributed by atoms with Crippen LogP contribution in [0.15, 0.2) is 24.3 Å². The molecule has 1 saturated carbocycles. The maximum absolute atomic E-state index is 9.86. The molecule has 2 atom stereocenters. The Morgan fingerprint density at radius 2 is 2.07 bits per heavy atom. The predicted octanol–water partition coefficient (Wildman–Crippen LogP) is 2.88. The smallest absolute Gasteiger partial charge is 0.0608 e. The fourth-order valence-electron chi connectivity index (χ4n) is 2.52. The summed E-state index contributed by atoms with van der Waals surface area (Å²) in [5.41, 5.74) is 2.78. The van der Waals surface area contributed by atoms with E-state index < -0.39 is 0 Å². The molecule has 0 spiro atoms. The van der Waals surface area contributed by atoms with Gasteiger partial charge >= 0.3 is 0 Å². The van der Waals surface area contributed by atoms with Gasteiger partial charge in [-0.1, -0.05) is 37.6 Å². The molecule has 1 aromatic carbocycles. The molecule has 0 radical (unpaired) electrons. The van der Waals surface area contributed by atoms with Crippen molar-refractivity contribution >= 4 is 0 Å².